The van der Waals surface area contributed by atoms with E-state index >= 15 is 0 Å². The molecule has 0 radical (unpaired) electrons. The lowest BCUT2D eigenvalue weighted by molar-refractivity contribution is 0.668. The number of pyridine rings is 1. The largest absolute Gasteiger partial charge is 0.456 e. The smallest absolute Gasteiger partial charge is 0.160 e. The van der Waals surface area contributed by atoms with E-state index in [1.165, 1.54) is 0 Å². The van der Waals surface area contributed by atoms with E-state index < -0.39 is 0 Å². The van der Waals surface area contributed by atoms with Crippen molar-refractivity contribution in [2.75, 3.05) is 0 Å². The average molecular weight is 642 g/mol. The lowest BCUT2D eigenvalue weighted by atomic mass is 9.94. The topological polar surface area (TPSA) is 65.0 Å². The van der Waals surface area contributed by atoms with Crippen molar-refractivity contribution in [3.05, 3.63) is 164 Å². The molecule has 234 valence electrons. The van der Waals surface area contributed by atoms with Gasteiger partial charge in [-0.05, 0) is 48.0 Å². The molecule has 0 saturated carbocycles. The lowest BCUT2D eigenvalue weighted by Crippen LogP contribution is -1.96. The molecule has 0 fully saturated rings. The van der Waals surface area contributed by atoms with E-state index in [1.807, 2.05) is 79.0 Å². The number of hydrogen-bond acceptors (Lipinski definition) is 5. The summed E-state index contributed by atoms with van der Waals surface area (Å²) in [5.41, 5.74) is 12.0. The van der Waals surface area contributed by atoms with Crippen LogP contribution in [0.2, 0.25) is 0 Å². The van der Waals surface area contributed by atoms with Crippen LogP contribution in [0.15, 0.2) is 173 Å². The van der Waals surface area contributed by atoms with E-state index in [0.717, 1.165) is 94.3 Å². The third-order valence-electron chi connectivity index (χ3n) is 9.39. The van der Waals surface area contributed by atoms with Crippen LogP contribution in [0.1, 0.15) is 0 Å². The number of furan rings is 2. The van der Waals surface area contributed by atoms with E-state index in [2.05, 4.69) is 89.9 Å². The summed E-state index contributed by atoms with van der Waals surface area (Å²) < 4.78 is 13.0. The Hall–Kier alpha value is -6.85. The Balaban J connectivity index is 1.21. The maximum absolute atomic E-state index is 6.74. The molecule has 5 heteroatoms. The molecule has 6 aromatic carbocycles. The van der Waals surface area contributed by atoms with Gasteiger partial charge in [-0.25, -0.2) is 9.97 Å². The monoisotopic (exact) mass is 641 g/mol. The van der Waals surface area contributed by atoms with E-state index in [0.29, 0.717) is 5.82 Å². The fourth-order valence-corrected chi connectivity index (χ4v) is 7.05. The first-order valence-electron chi connectivity index (χ1n) is 16.6. The van der Waals surface area contributed by atoms with Crippen LogP contribution < -0.4 is 0 Å². The van der Waals surface area contributed by atoms with Crippen LogP contribution in [0.4, 0.5) is 0 Å². The summed E-state index contributed by atoms with van der Waals surface area (Å²) in [5, 5.41) is 4.19. The highest BCUT2D eigenvalue weighted by atomic mass is 16.3. The Morgan fingerprint density at radius 1 is 0.380 bits per heavy atom. The Kier molecular flexibility index (Phi) is 6.42. The summed E-state index contributed by atoms with van der Waals surface area (Å²) in [6.45, 7) is 0. The first-order chi connectivity index (χ1) is 24.8. The normalized spacial score (nSPS) is 11.6. The number of rotatable bonds is 5. The molecule has 10 aromatic rings. The zero-order valence-corrected chi connectivity index (χ0v) is 26.7. The first kappa shape index (κ1) is 28.2. The van der Waals surface area contributed by atoms with Gasteiger partial charge >= 0.3 is 0 Å². The van der Waals surface area contributed by atoms with Crippen LogP contribution in [0.3, 0.4) is 0 Å². The van der Waals surface area contributed by atoms with E-state index in [4.69, 9.17) is 18.8 Å². The van der Waals surface area contributed by atoms with Crippen LogP contribution in [-0.4, -0.2) is 15.0 Å². The van der Waals surface area contributed by atoms with Gasteiger partial charge in [-0.1, -0.05) is 115 Å². The number of benzene rings is 6. The Labute approximate surface area is 287 Å². The van der Waals surface area contributed by atoms with Crippen LogP contribution in [0, 0.1) is 0 Å². The molecule has 10 rings (SSSR count). The second kappa shape index (κ2) is 11.4. The van der Waals surface area contributed by atoms with Crippen molar-refractivity contribution < 1.29 is 8.83 Å². The molecule has 0 saturated heterocycles. The molecular weight excluding hydrogens is 615 g/mol. The summed E-state index contributed by atoms with van der Waals surface area (Å²) in [4.78, 5) is 14.8. The van der Waals surface area contributed by atoms with Crippen molar-refractivity contribution in [1.82, 2.24) is 15.0 Å². The molecule has 0 atom stereocenters. The Morgan fingerprint density at radius 2 is 1.02 bits per heavy atom. The molecule has 0 aliphatic rings. The van der Waals surface area contributed by atoms with Crippen molar-refractivity contribution in [2.45, 2.75) is 0 Å². The third-order valence-corrected chi connectivity index (χ3v) is 9.39. The molecule has 4 heterocycles. The maximum atomic E-state index is 6.74. The minimum absolute atomic E-state index is 0.659. The van der Waals surface area contributed by atoms with Crippen LogP contribution in [-0.2, 0) is 0 Å². The van der Waals surface area contributed by atoms with Crippen LogP contribution in [0.25, 0.3) is 100 Å². The molecule has 50 heavy (non-hydrogen) atoms. The van der Waals surface area contributed by atoms with E-state index in [-0.39, 0.29) is 0 Å². The molecule has 5 nitrogen and oxygen atoms in total. The second-order valence-electron chi connectivity index (χ2n) is 12.4. The van der Waals surface area contributed by atoms with Gasteiger partial charge in [-0.15, -0.1) is 0 Å². The number of para-hydroxylation sites is 2. The van der Waals surface area contributed by atoms with Gasteiger partial charge in [0.25, 0.3) is 0 Å². The lowest BCUT2D eigenvalue weighted by Gasteiger charge is -2.12. The summed E-state index contributed by atoms with van der Waals surface area (Å²) >= 11 is 0. The van der Waals surface area contributed by atoms with Gasteiger partial charge in [-0.3, -0.25) is 4.98 Å². The molecule has 0 spiro atoms. The van der Waals surface area contributed by atoms with Gasteiger partial charge in [0.15, 0.2) is 5.82 Å². The highest BCUT2D eigenvalue weighted by Crippen LogP contribution is 2.45. The number of nitrogens with zero attached hydrogens (tertiary/aromatic N) is 3. The summed E-state index contributed by atoms with van der Waals surface area (Å²) in [6.07, 6.45) is 1.81. The molecule has 0 aliphatic heterocycles. The number of fused-ring (bicyclic) bond motifs is 6. The Morgan fingerprint density at radius 3 is 1.80 bits per heavy atom. The molecule has 4 aromatic heterocycles. The third kappa shape index (κ3) is 4.60. The molecule has 0 amide bonds. The second-order valence-corrected chi connectivity index (χ2v) is 12.4. The summed E-state index contributed by atoms with van der Waals surface area (Å²) in [6, 6.07) is 53.5. The zero-order chi connectivity index (χ0) is 33.0. The van der Waals surface area contributed by atoms with Gasteiger partial charge in [0, 0.05) is 55.6 Å². The summed E-state index contributed by atoms with van der Waals surface area (Å²) in [7, 11) is 0. The van der Waals surface area contributed by atoms with Crippen LogP contribution >= 0.6 is 0 Å². The van der Waals surface area contributed by atoms with Gasteiger partial charge in [-0.2, -0.15) is 0 Å². The Bertz CT molecular complexity index is 2850. The highest BCUT2D eigenvalue weighted by molar-refractivity contribution is 6.20. The average Bonchev–Trinajstić information content (AvgIpc) is 3.77. The maximum Gasteiger partial charge on any atom is 0.160 e. The highest BCUT2D eigenvalue weighted by Gasteiger charge is 2.22. The van der Waals surface area contributed by atoms with Gasteiger partial charge < -0.3 is 8.83 Å². The summed E-state index contributed by atoms with van der Waals surface area (Å²) in [5.74, 6) is 0.659. The van der Waals surface area contributed by atoms with Crippen molar-refractivity contribution in [3.8, 4) is 56.3 Å². The fraction of sp³-hybridized carbons (Fsp3) is 0. The van der Waals surface area contributed by atoms with E-state index in [9.17, 15) is 0 Å². The van der Waals surface area contributed by atoms with Gasteiger partial charge in [0.1, 0.15) is 22.3 Å². The SMILES string of the molecule is c1ccc(-c2nc(-c3ccc(-c4ccccn4)cc3)cc(-c3ccc(-c4cccc5oc6ccccc6c45)c4oc5ccccc5c34)n2)cc1. The zero-order valence-electron chi connectivity index (χ0n) is 26.7. The standard InChI is InChI=1S/C45H27N3O2/c1-2-11-30(12-3-1)45-47-37(29-22-20-28(21-23-29)36-16-8-9-26-46-36)27-38(48-45)33-25-24-32(44-43(33)35-14-5-7-18-40(35)50-44)31-15-10-19-41-42(31)34-13-4-6-17-39(34)49-41/h1-27H. The van der Waals surface area contributed by atoms with E-state index in [1.54, 1.807) is 0 Å². The van der Waals surface area contributed by atoms with Crippen molar-refractivity contribution in [1.29, 1.82) is 0 Å². The van der Waals surface area contributed by atoms with Gasteiger partial charge in [0.05, 0.1) is 17.1 Å². The minimum Gasteiger partial charge on any atom is -0.456 e. The van der Waals surface area contributed by atoms with Crippen molar-refractivity contribution in [3.63, 3.8) is 0 Å². The van der Waals surface area contributed by atoms with Crippen molar-refractivity contribution >= 4 is 43.9 Å². The predicted molar refractivity (Wildman–Crippen MR) is 202 cm³/mol. The predicted octanol–water partition coefficient (Wildman–Crippen LogP) is 12.0. The molecule has 0 bridgehead atoms. The fourth-order valence-electron chi connectivity index (χ4n) is 7.05. The van der Waals surface area contributed by atoms with Crippen LogP contribution in [0.5, 0.6) is 0 Å². The van der Waals surface area contributed by atoms with Gasteiger partial charge in [0.2, 0.25) is 0 Å². The molecule has 0 N–H and O–H groups in total. The first-order valence-corrected chi connectivity index (χ1v) is 16.6. The number of aromatic nitrogens is 3. The number of hydrogen-bond donors (Lipinski definition) is 0. The molecule has 0 aliphatic carbocycles. The van der Waals surface area contributed by atoms with Crippen molar-refractivity contribution in [2.24, 2.45) is 0 Å². The minimum atomic E-state index is 0.659. The molecule has 0 unspecified atom stereocenters. The molecular formula is C45H27N3O2. The quantitative estimate of drug-likeness (QED) is 0.187.